The van der Waals surface area contributed by atoms with E-state index in [0.29, 0.717) is 5.02 Å². The highest BCUT2D eigenvalue weighted by atomic mass is 35.5. The minimum absolute atomic E-state index is 0.701. The van der Waals surface area contributed by atoms with E-state index in [1.165, 1.54) is 0 Å². The second kappa shape index (κ2) is 4.35. The average molecular weight is 259 g/mol. The van der Waals surface area contributed by atoms with Crippen LogP contribution < -0.4 is 4.74 Å². The number of aromatic amines is 1. The summed E-state index contributed by atoms with van der Waals surface area (Å²) >= 11 is 6.01. The van der Waals surface area contributed by atoms with Gasteiger partial charge in [-0.15, -0.1) is 0 Å². The van der Waals surface area contributed by atoms with Crippen LogP contribution >= 0.6 is 11.6 Å². The minimum Gasteiger partial charge on any atom is -0.497 e. The lowest BCUT2D eigenvalue weighted by atomic mass is 10.1. The fraction of sp³-hybridized carbons (Fsp3) is 0.0714. The molecule has 18 heavy (non-hydrogen) atoms. The van der Waals surface area contributed by atoms with Gasteiger partial charge in [0.15, 0.2) is 0 Å². The maximum atomic E-state index is 6.01. The van der Waals surface area contributed by atoms with Gasteiger partial charge in [-0.3, -0.25) is 5.10 Å². The molecule has 1 N–H and O–H groups in total. The molecule has 0 spiro atoms. The molecule has 0 bridgehead atoms. The van der Waals surface area contributed by atoms with Gasteiger partial charge in [0, 0.05) is 16.0 Å². The van der Waals surface area contributed by atoms with E-state index < -0.39 is 0 Å². The molecule has 0 radical (unpaired) electrons. The van der Waals surface area contributed by atoms with Crippen molar-refractivity contribution in [1.29, 1.82) is 0 Å². The molecule has 90 valence electrons. The van der Waals surface area contributed by atoms with Gasteiger partial charge in [-0.25, -0.2) is 0 Å². The maximum absolute atomic E-state index is 6.01. The number of hydrogen-bond donors (Lipinski definition) is 1. The molecule has 1 aromatic heterocycles. The smallest absolute Gasteiger partial charge is 0.119 e. The van der Waals surface area contributed by atoms with Crippen LogP contribution in [0.2, 0.25) is 5.02 Å². The average Bonchev–Trinajstić information content (AvgIpc) is 2.81. The number of fused-ring (bicyclic) bond motifs is 1. The molecule has 0 saturated carbocycles. The SMILES string of the molecule is COc1ccc2[nH]nc(-c3cccc(Cl)c3)c2c1. The maximum Gasteiger partial charge on any atom is 0.119 e. The molecular formula is C14H11ClN2O. The highest BCUT2D eigenvalue weighted by Crippen LogP contribution is 2.30. The van der Waals surface area contributed by atoms with Crippen LogP contribution in [0, 0.1) is 0 Å². The van der Waals surface area contributed by atoms with Crippen LogP contribution in [0.1, 0.15) is 0 Å². The Morgan fingerprint density at radius 3 is 2.83 bits per heavy atom. The van der Waals surface area contributed by atoms with Crippen molar-refractivity contribution in [3.8, 4) is 17.0 Å². The molecule has 0 unspecified atom stereocenters. The molecule has 1 heterocycles. The highest BCUT2D eigenvalue weighted by molar-refractivity contribution is 6.30. The third kappa shape index (κ3) is 1.83. The summed E-state index contributed by atoms with van der Waals surface area (Å²) in [4.78, 5) is 0. The van der Waals surface area contributed by atoms with Gasteiger partial charge in [-0.2, -0.15) is 5.10 Å². The van der Waals surface area contributed by atoms with E-state index in [-0.39, 0.29) is 0 Å². The Hall–Kier alpha value is -2.00. The summed E-state index contributed by atoms with van der Waals surface area (Å²) in [6, 6.07) is 13.5. The molecular weight excluding hydrogens is 248 g/mol. The summed E-state index contributed by atoms with van der Waals surface area (Å²) < 4.78 is 5.24. The number of aromatic nitrogens is 2. The van der Waals surface area contributed by atoms with Crippen LogP contribution in [0.25, 0.3) is 22.2 Å². The Balaban J connectivity index is 2.22. The number of benzene rings is 2. The van der Waals surface area contributed by atoms with Crippen molar-refractivity contribution in [1.82, 2.24) is 10.2 Å². The lowest BCUT2D eigenvalue weighted by molar-refractivity contribution is 0.415. The van der Waals surface area contributed by atoms with E-state index in [2.05, 4.69) is 10.2 Å². The van der Waals surface area contributed by atoms with Gasteiger partial charge in [0.2, 0.25) is 0 Å². The van der Waals surface area contributed by atoms with Gasteiger partial charge in [-0.1, -0.05) is 23.7 Å². The normalized spacial score (nSPS) is 10.8. The summed E-state index contributed by atoms with van der Waals surface area (Å²) in [6.07, 6.45) is 0. The first-order valence-electron chi connectivity index (χ1n) is 5.56. The molecule has 4 heteroatoms. The van der Waals surface area contributed by atoms with Crippen molar-refractivity contribution in [3.05, 3.63) is 47.5 Å². The Kier molecular flexibility index (Phi) is 2.68. The first-order valence-corrected chi connectivity index (χ1v) is 5.94. The van der Waals surface area contributed by atoms with Crippen LogP contribution in [0.5, 0.6) is 5.75 Å². The lowest BCUT2D eigenvalue weighted by Crippen LogP contribution is -1.82. The third-order valence-corrected chi connectivity index (χ3v) is 3.10. The van der Waals surface area contributed by atoms with Gasteiger partial charge >= 0.3 is 0 Å². The first kappa shape index (κ1) is 11.1. The van der Waals surface area contributed by atoms with Crippen LogP contribution in [0.3, 0.4) is 0 Å². The van der Waals surface area contributed by atoms with E-state index in [4.69, 9.17) is 16.3 Å². The monoisotopic (exact) mass is 258 g/mol. The van der Waals surface area contributed by atoms with E-state index >= 15 is 0 Å². The second-order valence-corrected chi connectivity index (χ2v) is 4.43. The molecule has 0 aliphatic heterocycles. The Labute approximate surface area is 109 Å². The van der Waals surface area contributed by atoms with Crippen molar-refractivity contribution >= 4 is 22.5 Å². The summed E-state index contributed by atoms with van der Waals surface area (Å²) in [5.41, 5.74) is 2.85. The van der Waals surface area contributed by atoms with Crippen molar-refractivity contribution in [2.75, 3.05) is 7.11 Å². The minimum atomic E-state index is 0.701. The van der Waals surface area contributed by atoms with Crippen LogP contribution in [-0.2, 0) is 0 Å². The van der Waals surface area contributed by atoms with Gasteiger partial charge in [-0.05, 0) is 30.3 Å². The zero-order chi connectivity index (χ0) is 12.5. The zero-order valence-corrected chi connectivity index (χ0v) is 10.5. The molecule has 0 aliphatic carbocycles. The van der Waals surface area contributed by atoms with Crippen molar-refractivity contribution in [2.24, 2.45) is 0 Å². The summed E-state index contributed by atoms with van der Waals surface area (Å²) in [5, 5.41) is 9.08. The fourth-order valence-electron chi connectivity index (χ4n) is 1.98. The number of ether oxygens (including phenoxy) is 1. The van der Waals surface area contributed by atoms with Crippen molar-refractivity contribution in [2.45, 2.75) is 0 Å². The topological polar surface area (TPSA) is 37.9 Å². The Morgan fingerprint density at radius 1 is 1.17 bits per heavy atom. The summed E-state index contributed by atoms with van der Waals surface area (Å²) in [6.45, 7) is 0. The summed E-state index contributed by atoms with van der Waals surface area (Å²) in [5.74, 6) is 0.812. The molecule has 3 nitrogen and oxygen atoms in total. The van der Waals surface area contributed by atoms with Gasteiger partial charge in [0.1, 0.15) is 11.4 Å². The van der Waals surface area contributed by atoms with E-state index in [1.807, 2.05) is 42.5 Å². The molecule has 0 fully saturated rings. The number of H-pyrrole nitrogens is 1. The molecule has 3 aromatic rings. The number of hydrogen-bond acceptors (Lipinski definition) is 2. The molecule has 2 aromatic carbocycles. The van der Waals surface area contributed by atoms with Crippen LogP contribution in [-0.4, -0.2) is 17.3 Å². The standard InChI is InChI=1S/C14H11ClN2O/c1-18-11-5-6-13-12(8-11)14(17-16-13)9-3-2-4-10(15)7-9/h2-8H,1H3,(H,16,17). The Bertz CT molecular complexity index is 706. The number of nitrogens with zero attached hydrogens (tertiary/aromatic N) is 1. The fourth-order valence-corrected chi connectivity index (χ4v) is 2.17. The lowest BCUT2D eigenvalue weighted by Gasteiger charge is -2.01. The van der Waals surface area contributed by atoms with E-state index in [0.717, 1.165) is 27.9 Å². The predicted molar refractivity (Wildman–Crippen MR) is 73.1 cm³/mol. The first-order chi connectivity index (χ1) is 8.78. The van der Waals surface area contributed by atoms with Crippen LogP contribution in [0.4, 0.5) is 0 Å². The van der Waals surface area contributed by atoms with E-state index in [9.17, 15) is 0 Å². The second-order valence-electron chi connectivity index (χ2n) is 3.99. The van der Waals surface area contributed by atoms with Crippen molar-refractivity contribution < 1.29 is 4.74 Å². The zero-order valence-electron chi connectivity index (χ0n) is 9.77. The van der Waals surface area contributed by atoms with Gasteiger partial charge in [0.05, 0.1) is 12.6 Å². The summed E-state index contributed by atoms with van der Waals surface area (Å²) in [7, 11) is 1.65. The molecule has 0 aliphatic rings. The van der Waals surface area contributed by atoms with Crippen LogP contribution in [0.15, 0.2) is 42.5 Å². The quantitative estimate of drug-likeness (QED) is 0.757. The molecule has 0 amide bonds. The predicted octanol–water partition coefficient (Wildman–Crippen LogP) is 3.89. The largest absolute Gasteiger partial charge is 0.497 e. The highest BCUT2D eigenvalue weighted by Gasteiger charge is 2.09. The molecule has 0 atom stereocenters. The Morgan fingerprint density at radius 2 is 2.06 bits per heavy atom. The van der Waals surface area contributed by atoms with E-state index in [1.54, 1.807) is 7.11 Å². The number of halogens is 1. The molecule has 3 rings (SSSR count). The molecule has 0 saturated heterocycles. The van der Waals surface area contributed by atoms with Crippen molar-refractivity contribution in [3.63, 3.8) is 0 Å². The third-order valence-electron chi connectivity index (χ3n) is 2.87. The number of nitrogens with one attached hydrogen (secondary N) is 1. The van der Waals surface area contributed by atoms with Gasteiger partial charge < -0.3 is 4.74 Å². The van der Waals surface area contributed by atoms with Gasteiger partial charge in [0.25, 0.3) is 0 Å². The number of methoxy groups -OCH3 is 1. The number of rotatable bonds is 2.